The highest BCUT2D eigenvalue weighted by Gasteiger charge is 2.23. The summed E-state index contributed by atoms with van der Waals surface area (Å²) < 4.78 is 14.8. The summed E-state index contributed by atoms with van der Waals surface area (Å²) in [4.78, 5) is 2.24. The summed E-state index contributed by atoms with van der Waals surface area (Å²) in [6.45, 7) is 2.98. The SMILES string of the molecule is CC(O)CN(Cc1cc(Br)ccc1F)C1CCCCC1. The second-order valence-electron chi connectivity index (χ2n) is 5.81. The first-order chi connectivity index (χ1) is 9.56. The van der Waals surface area contributed by atoms with E-state index in [4.69, 9.17) is 0 Å². The molecule has 2 rings (SSSR count). The molecule has 0 aliphatic heterocycles. The Labute approximate surface area is 129 Å². The summed E-state index contributed by atoms with van der Waals surface area (Å²) >= 11 is 3.40. The van der Waals surface area contributed by atoms with Crippen LogP contribution in [0.2, 0.25) is 0 Å². The number of aliphatic hydroxyl groups excluding tert-OH is 1. The topological polar surface area (TPSA) is 23.5 Å². The van der Waals surface area contributed by atoms with Gasteiger partial charge in [-0.05, 0) is 38.0 Å². The summed E-state index contributed by atoms with van der Waals surface area (Å²) in [5, 5.41) is 9.71. The first-order valence-electron chi connectivity index (χ1n) is 7.42. The second-order valence-corrected chi connectivity index (χ2v) is 6.72. The maximum Gasteiger partial charge on any atom is 0.127 e. The molecular weight excluding hydrogens is 321 g/mol. The van der Waals surface area contributed by atoms with Crippen molar-refractivity contribution in [2.75, 3.05) is 6.54 Å². The zero-order valence-corrected chi connectivity index (χ0v) is 13.6. The molecule has 1 saturated carbocycles. The van der Waals surface area contributed by atoms with Gasteiger partial charge in [-0.2, -0.15) is 0 Å². The minimum Gasteiger partial charge on any atom is -0.392 e. The van der Waals surface area contributed by atoms with E-state index in [1.54, 1.807) is 13.0 Å². The van der Waals surface area contributed by atoms with Crippen LogP contribution in [0.5, 0.6) is 0 Å². The zero-order valence-electron chi connectivity index (χ0n) is 12.0. The van der Waals surface area contributed by atoms with Crippen LogP contribution in [0.4, 0.5) is 4.39 Å². The molecule has 0 radical (unpaired) electrons. The Morgan fingerprint density at radius 1 is 1.35 bits per heavy atom. The van der Waals surface area contributed by atoms with E-state index >= 15 is 0 Å². The minimum absolute atomic E-state index is 0.167. The van der Waals surface area contributed by atoms with Gasteiger partial charge in [-0.25, -0.2) is 4.39 Å². The third kappa shape index (κ3) is 4.54. The molecule has 0 saturated heterocycles. The zero-order chi connectivity index (χ0) is 14.5. The van der Waals surface area contributed by atoms with Crippen LogP contribution in [0.25, 0.3) is 0 Å². The molecule has 1 N–H and O–H groups in total. The summed E-state index contributed by atoms with van der Waals surface area (Å²) in [5.41, 5.74) is 0.700. The van der Waals surface area contributed by atoms with Crippen LogP contribution < -0.4 is 0 Å². The van der Waals surface area contributed by atoms with Crippen molar-refractivity contribution in [3.05, 3.63) is 34.1 Å². The molecule has 0 amide bonds. The number of hydrogen-bond donors (Lipinski definition) is 1. The molecular formula is C16H23BrFNO. The lowest BCUT2D eigenvalue weighted by atomic mass is 9.93. The van der Waals surface area contributed by atoms with Crippen LogP contribution >= 0.6 is 15.9 Å². The number of hydrogen-bond acceptors (Lipinski definition) is 2. The van der Waals surface area contributed by atoms with Gasteiger partial charge >= 0.3 is 0 Å². The number of aliphatic hydroxyl groups is 1. The van der Waals surface area contributed by atoms with Crippen molar-refractivity contribution >= 4 is 15.9 Å². The highest BCUT2D eigenvalue weighted by atomic mass is 79.9. The van der Waals surface area contributed by atoms with Gasteiger partial charge in [-0.3, -0.25) is 4.90 Å². The summed E-state index contributed by atoms with van der Waals surface area (Å²) in [6.07, 6.45) is 5.70. The van der Waals surface area contributed by atoms with Crippen LogP contribution in [-0.4, -0.2) is 28.7 Å². The number of halogens is 2. The predicted octanol–water partition coefficient (Wildman–Crippen LogP) is 4.10. The smallest absolute Gasteiger partial charge is 0.127 e. The number of rotatable bonds is 5. The quantitative estimate of drug-likeness (QED) is 0.869. The fraction of sp³-hybridized carbons (Fsp3) is 0.625. The summed E-state index contributed by atoms with van der Waals surface area (Å²) in [6, 6.07) is 5.53. The van der Waals surface area contributed by atoms with E-state index < -0.39 is 0 Å². The molecule has 1 unspecified atom stereocenters. The van der Waals surface area contributed by atoms with E-state index in [2.05, 4.69) is 20.8 Å². The molecule has 0 bridgehead atoms. The molecule has 0 aromatic heterocycles. The van der Waals surface area contributed by atoms with Gasteiger partial charge in [0.2, 0.25) is 0 Å². The molecule has 1 aliphatic rings. The standard InChI is InChI=1S/C16H23BrFNO/c1-12(20)10-19(15-5-3-2-4-6-15)11-13-9-14(17)7-8-16(13)18/h7-9,12,15,20H,2-6,10-11H2,1H3. The fourth-order valence-corrected chi connectivity index (χ4v) is 3.42. The lowest BCUT2D eigenvalue weighted by Gasteiger charge is -2.35. The Balaban J connectivity index is 2.11. The molecule has 2 nitrogen and oxygen atoms in total. The van der Waals surface area contributed by atoms with Crippen LogP contribution in [0, 0.1) is 5.82 Å². The maximum absolute atomic E-state index is 13.9. The molecule has 1 aromatic rings. The number of nitrogens with zero attached hydrogens (tertiary/aromatic N) is 1. The van der Waals surface area contributed by atoms with Crippen LogP contribution in [-0.2, 0) is 6.54 Å². The third-order valence-electron chi connectivity index (χ3n) is 3.97. The van der Waals surface area contributed by atoms with E-state index in [9.17, 15) is 9.50 Å². The summed E-state index contributed by atoms with van der Waals surface area (Å²) in [7, 11) is 0. The first kappa shape index (κ1) is 15.9. The monoisotopic (exact) mass is 343 g/mol. The Hall–Kier alpha value is -0.450. The Bertz CT molecular complexity index is 432. The lowest BCUT2D eigenvalue weighted by molar-refractivity contribution is 0.0760. The molecule has 1 fully saturated rings. The molecule has 0 spiro atoms. The lowest BCUT2D eigenvalue weighted by Crippen LogP contribution is -2.40. The highest BCUT2D eigenvalue weighted by molar-refractivity contribution is 9.10. The number of benzene rings is 1. The Morgan fingerprint density at radius 2 is 2.05 bits per heavy atom. The highest BCUT2D eigenvalue weighted by Crippen LogP contribution is 2.25. The van der Waals surface area contributed by atoms with Gasteiger partial charge in [-0.15, -0.1) is 0 Å². The van der Waals surface area contributed by atoms with E-state index in [0.29, 0.717) is 24.7 Å². The molecule has 1 aliphatic carbocycles. The normalized spacial score (nSPS) is 18.4. The van der Waals surface area contributed by atoms with Gasteiger partial charge in [0.05, 0.1) is 6.10 Å². The molecule has 112 valence electrons. The van der Waals surface area contributed by atoms with Crippen molar-refractivity contribution in [3.8, 4) is 0 Å². The molecule has 1 atom stereocenters. The largest absolute Gasteiger partial charge is 0.392 e. The molecule has 4 heteroatoms. The summed E-state index contributed by atoms with van der Waals surface area (Å²) in [5.74, 6) is -0.167. The van der Waals surface area contributed by atoms with Gasteiger partial charge in [0.15, 0.2) is 0 Å². The average molecular weight is 344 g/mol. The molecule has 1 aromatic carbocycles. The predicted molar refractivity (Wildman–Crippen MR) is 83.1 cm³/mol. The van der Waals surface area contributed by atoms with E-state index in [0.717, 1.165) is 17.3 Å². The van der Waals surface area contributed by atoms with Gasteiger partial charge < -0.3 is 5.11 Å². The molecule has 0 heterocycles. The third-order valence-corrected chi connectivity index (χ3v) is 4.46. The van der Waals surface area contributed by atoms with Crippen LogP contribution in [0.15, 0.2) is 22.7 Å². The fourth-order valence-electron chi connectivity index (χ4n) is 3.01. The van der Waals surface area contributed by atoms with Crippen molar-refractivity contribution < 1.29 is 9.50 Å². The van der Waals surface area contributed by atoms with Gasteiger partial charge in [-0.1, -0.05) is 35.2 Å². The van der Waals surface area contributed by atoms with E-state index in [1.807, 2.05) is 6.07 Å². The van der Waals surface area contributed by atoms with E-state index in [-0.39, 0.29) is 11.9 Å². The van der Waals surface area contributed by atoms with E-state index in [1.165, 1.54) is 25.3 Å². The van der Waals surface area contributed by atoms with Gasteiger partial charge in [0.1, 0.15) is 5.82 Å². The second kappa shape index (κ2) is 7.53. The maximum atomic E-state index is 13.9. The van der Waals surface area contributed by atoms with Crippen molar-refractivity contribution in [1.82, 2.24) is 4.90 Å². The first-order valence-corrected chi connectivity index (χ1v) is 8.21. The average Bonchev–Trinajstić information content (AvgIpc) is 2.42. The Kier molecular flexibility index (Phi) is 6.00. The van der Waals surface area contributed by atoms with Crippen molar-refractivity contribution in [1.29, 1.82) is 0 Å². The van der Waals surface area contributed by atoms with Gasteiger partial charge in [0, 0.05) is 29.2 Å². The Morgan fingerprint density at radius 3 is 2.70 bits per heavy atom. The van der Waals surface area contributed by atoms with Crippen molar-refractivity contribution in [3.63, 3.8) is 0 Å². The van der Waals surface area contributed by atoms with Gasteiger partial charge in [0.25, 0.3) is 0 Å². The molecule has 20 heavy (non-hydrogen) atoms. The van der Waals surface area contributed by atoms with Crippen molar-refractivity contribution in [2.45, 2.75) is 57.7 Å². The van der Waals surface area contributed by atoms with Crippen LogP contribution in [0.3, 0.4) is 0 Å². The van der Waals surface area contributed by atoms with Crippen molar-refractivity contribution in [2.24, 2.45) is 0 Å². The minimum atomic E-state index is -0.382. The van der Waals surface area contributed by atoms with Crippen LogP contribution in [0.1, 0.15) is 44.6 Å².